The number of halogens is 1. The van der Waals surface area contributed by atoms with Gasteiger partial charge >= 0.3 is 0 Å². The van der Waals surface area contributed by atoms with E-state index >= 15 is 0 Å². The predicted molar refractivity (Wildman–Crippen MR) is 139 cm³/mol. The molecule has 0 radical (unpaired) electrons. The highest BCUT2D eigenvalue weighted by molar-refractivity contribution is 7.86. The third-order valence-corrected chi connectivity index (χ3v) is 14.1. The minimum atomic E-state index is -3.54. The van der Waals surface area contributed by atoms with Gasteiger partial charge in [0.15, 0.2) is 8.32 Å². The van der Waals surface area contributed by atoms with Crippen molar-refractivity contribution < 1.29 is 21.4 Å². The highest BCUT2D eigenvalue weighted by Crippen LogP contribution is 2.51. The molecule has 0 unspecified atom stereocenters. The van der Waals surface area contributed by atoms with Gasteiger partial charge in [0.25, 0.3) is 10.1 Å². The Labute approximate surface area is 209 Å². The largest absolute Gasteiger partial charge is 0.416 e. The van der Waals surface area contributed by atoms with Crippen molar-refractivity contribution in [3.8, 4) is 5.69 Å². The maximum absolute atomic E-state index is 13.5. The maximum Gasteiger partial charge on any atom is 0.267 e. The predicted octanol–water partition coefficient (Wildman–Crippen LogP) is 5.74. The van der Waals surface area contributed by atoms with E-state index in [1.807, 2.05) is 10.9 Å². The quantitative estimate of drug-likeness (QED) is 0.344. The van der Waals surface area contributed by atoms with Crippen molar-refractivity contribution in [2.45, 2.75) is 64.6 Å². The third kappa shape index (κ3) is 5.33. The smallest absolute Gasteiger partial charge is 0.267 e. The Bertz CT molecular complexity index is 1210. The molecule has 2 aliphatic rings. The number of benzene rings is 1. The number of fused-ring (bicyclic) bond motifs is 2. The van der Waals surface area contributed by atoms with Crippen LogP contribution in [0.5, 0.6) is 0 Å². The zero-order valence-corrected chi connectivity index (χ0v) is 23.4. The van der Waals surface area contributed by atoms with Crippen LogP contribution in [0, 0.1) is 17.2 Å². The van der Waals surface area contributed by atoms with Gasteiger partial charge < -0.3 is 4.43 Å². The first kappa shape index (κ1) is 26.3. The number of hydrogen-bond donors (Lipinski definition) is 0. The van der Waals surface area contributed by atoms with Gasteiger partial charge in [-0.15, -0.1) is 0 Å². The summed E-state index contributed by atoms with van der Waals surface area (Å²) in [4.78, 5) is 0. The number of nitrogens with zero attached hydrogens (tertiary/aromatic N) is 2. The SMILES string of the molecule is COS(=O)(=O)C[C@H]1CCC2=Cc3c(cnn3-c3ccc(F)cc3)C[C@]2(CO[Si](C)(C)C(C)(C)C)C1. The van der Waals surface area contributed by atoms with Gasteiger partial charge in [0.1, 0.15) is 5.82 Å². The minimum Gasteiger partial charge on any atom is -0.416 e. The molecule has 1 aromatic carbocycles. The number of rotatable bonds is 7. The molecule has 0 bridgehead atoms. The Morgan fingerprint density at radius 1 is 1.23 bits per heavy atom. The molecule has 4 rings (SSSR count). The monoisotopic (exact) mass is 520 g/mol. The molecule has 35 heavy (non-hydrogen) atoms. The number of aromatic nitrogens is 2. The summed E-state index contributed by atoms with van der Waals surface area (Å²) in [5.41, 5.74) is 3.95. The van der Waals surface area contributed by atoms with Crippen LogP contribution in [0.1, 0.15) is 51.3 Å². The van der Waals surface area contributed by atoms with Gasteiger partial charge in [0.2, 0.25) is 0 Å². The van der Waals surface area contributed by atoms with E-state index in [-0.39, 0.29) is 27.9 Å². The molecule has 0 aliphatic heterocycles. The molecule has 2 aromatic rings. The molecule has 1 saturated carbocycles. The van der Waals surface area contributed by atoms with Crippen LogP contribution in [0.4, 0.5) is 4.39 Å². The van der Waals surface area contributed by atoms with Crippen molar-refractivity contribution in [3.05, 3.63) is 53.1 Å². The van der Waals surface area contributed by atoms with Gasteiger partial charge in [0.05, 0.1) is 30.4 Å². The molecule has 0 amide bonds. The van der Waals surface area contributed by atoms with Crippen molar-refractivity contribution in [2.24, 2.45) is 11.3 Å². The lowest BCUT2D eigenvalue weighted by Gasteiger charge is -2.47. The maximum atomic E-state index is 13.5. The zero-order valence-electron chi connectivity index (χ0n) is 21.6. The van der Waals surface area contributed by atoms with E-state index in [1.54, 1.807) is 12.1 Å². The summed E-state index contributed by atoms with van der Waals surface area (Å²) in [5, 5.41) is 4.71. The van der Waals surface area contributed by atoms with Crippen molar-refractivity contribution in [1.82, 2.24) is 9.78 Å². The van der Waals surface area contributed by atoms with Crippen LogP contribution < -0.4 is 0 Å². The summed E-state index contributed by atoms with van der Waals surface area (Å²) in [7, 11) is -4.33. The van der Waals surface area contributed by atoms with Crippen LogP contribution >= 0.6 is 0 Å². The topological polar surface area (TPSA) is 70.4 Å². The van der Waals surface area contributed by atoms with Gasteiger partial charge in [0, 0.05) is 12.0 Å². The first-order chi connectivity index (χ1) is 16.3. The van der Waals surface area contributed by atoms with Crippen molar-refractivity contribution >= 4 is 24.5 Å². The van der Waals surface area contributed by atoms with Crippen LogP contribution in [-0.2, 0) is 25.1 Å². The van der Waals surface area contributed by atoms with E-state index in [4.69, 9.17) is 8.61 Å². The molecular formula is C26H37FN2O4SSi. The number of hydrogen-bond acceptors (Lipinski definition) is 5. The molecule has 0 N–H and O–H groups in total. The Balaban J connectivity index is 1.70. The third-order valence-electron chi connectivity index (χ3n) is 8.19. The van der Waals surface area contributed by atoms with E-state index in [9.17, 15) is 12.8 Å². The molecular weight excluding hydrogens is 483 g/mol. The van der Waals surface area contributed by atoms with Gasteiger partial charge in [-0.25, -0.2) is 9.07 Å². The Morgan fingerprint density at radius 3 is 2.54 bits per heavy atom. The van der Waals surface area contributed by atoms with E-state index < -0.39 is 18.4 Å². The fraction of sp³-hybridized carbons (Fsp3) is 0.577. The minimum absolute atomic E-state index is 0.00816. The van der Waals surface area contributed by atoms with Crippen molar-refractivity contribution in [2.75, 3.05) is 19.5 Å². The van der Waals surface area contributed by atoms with Crippen LogP contribution in [0.3, 0.4) is 0 Å². The van der Waals surface area contributed by atoms with E-state index in [0.29, 0.717) is 6.61 Å². The molecule has 2 atom stereocenters. The summed E-state index contributed by atoms with van der Waals surface area (Å²) >= 11 is 0. The van der Waals surface area contributed by atoms with Crippen LogP contribution in [0.15, 0.2) is 36.0 Å². The average Bonchev–Trinajstić information content (AvgIpc) is 3.18. The fourth-order valence-electron chi connectivity index (χ4n) is 5.06. The Hall–Kier alpha value is -1.81. The highest BCUT2D eigenvalue weighted by atomic mass is 32.2. The summed E-state index contributed by atoms with van der Waals surface area (Å²) < 4.78 is 51.4. The molecule has 192 valence electrons. The summed E-state index contributed by atoms with van der Waals surface area (Å²) in [6.07, 6.45) is 7.17. The summed E-state index contributed by atoms with van der Waals surface area (Å²) in [6, 6.07) is 6.35. The lowest BCUT2D eigenvalue weighted by molar-refractivity contribution is 0.114. The Kier molecular flexibility index (Phi) is 6.94. The van der Waals surface area contributed by atoms with Crippen LogP contribution in [0.25, 0.3) is 11.8 Å². The zero-order chi connectivity index (χ0) is 25.6. The molecule has 1 heterocycles. The standard InChI is InChI=1S/C26H37FN2O4SSi/c1-25(2,3)35(5,6)33-18-26-14-19(17-34(30,31)32-4)7-8-21(26)13-24-20(15-26)16-28-29(24)23-11-9-22(27)10-12-23/h9-13,16,19H,7-8,14-15,17-18H2,1-6H3/t19-,26-/m0/s1. The van der Waals surface area contributed by atoms with Gasteiger partial charge in [-0.1, -0.05) is 26.3 Å². The lowest BCUT2D eigenvalue weighted by atomic mass is 9.62. The first-order valence-electron chi connectivity index (χ1n) is 12.2. The molecule has 9 heteroatoms. The Morgan fingerprint density at radius 2 is 1.91 bits per heavy atom. The van der Waals surface area contributed by atoms with Crippen LogP contribution in [-0.4, -0.2) is 46.0 Å². The molecule has 0 saturated heterocycles. The summed E-state index contributed by atoms with van der Waals surface area (Å²) in [5.74, 6) is -0.242. The molecule has 1 aromatic heterocycles. The lowest BCUT2D eigenvalue weighted by Crippen LogP contribution is -2.47. The fourth-order valence-corrected chi connectivity index (χ4v) is 7.13. The second-order valence-electron chi connectivity index (χ2n) is 11.6. The molecule has 2 aliphatic carbocycles. The average molecular weight is 521 g/mol. The normalized spacial score (nSPS) is 22.9. The van der Waals surface area contributed by atoms with Crippen molar-refractivity contribution in [3.63, 3.8) is 0 Å². The van der Waals surface area contributed by atoms with Gasteiger partial charge in [-0.2, -0.15) is 13.5 Å². The van der Waals surface area contributed by atoms with Gasteiger partial charge in [-0.3, -0.25) is 4.18 Å². The molecule has 0 spiro atoms. The van der Waals surface area contributed by atoms with E-state index in [1.165, 1.54) is 24.8 Å². The van der Waals surface area contributed by atoms with Gasteiger partial charge in [-0.05, 0) is 85.6 Å². The van der Waals surface area contributed by atoms with E-state index in [0.717, 1.165) is 42.6 Å². The van der Waals surface area contributed by atoms with Crippen molar-refractivity contribution in [1.29, 1.82) is 0 Å². The second-order valence-corrected chi connectivity index (χ2v) is 18.2. The molecule has 1 fully saturated rings. The van der Waals surface area contributed by atoms with E-state index in [2.05, 4.69) is 45.0 Å². The molecule has 6 nitrogen and oxygen atoms in total. The first-order valence-corrected chi connectivity index (χ1v) is 16.7. The summed E-state index contributed by atoms with van der Waals surface area (Å²) in [6.45, 7) is 11.8. The van der Waals surface area contributed by atoms with Crippen LogP contribution in [0.2, 0.25) is 18.1 Å². The second kappa shape index (κ2) is 9.25. The highest BCUT2D eigenvalue weighted by Gasteiger charge is 2.47.